The topological polar surface area (TPSA) is 29.5 Å². The van der Waals surface area contributed by atoms with Gasteiger partial charge in [0.1, 0.15) is 0 Å². The van der Waals surface area contributed by atoms with Gasteiger partial charge in [-0.05, 0) is 56.1 Å². The summed E-state index contributed by atoms with van der Waals surface area (Å²) in [6.45, 7) is 2.56. The third kappa shape index (κ3) is 3.33. The van der Waals surface area contributed by atoms with E-state index in [1.54, 1.807) is 7.11 Å². The summed E-state index contributed by atoms with van der Waals surface area (Å²) in [7, 11) is 1.69. The minimum absolute atomic E-state index is 0.502. The second-order valence-corrected chi connectivity index (χ2v) is 5.73. The highest BCUT2D eigenvalue weighted by molar-refractivity contribution is 5.32. The lowest BCUT2D eigenvalue weighted by Gasteiger charge is -2.32. The number of hydrogen-bond acceptors (Lipinski definition) is 2. The van der Waals surface area contributed by atoms with Crippen LogP contribution < -0.4 is 0 Å². The van der Waals surface area contributed by atoms with E-state index in [2.05, 4.69) is 24.3 Å². The van der Waals surface area contributed by atoms with Crippen molar-refractivity contribution in [2.75, 3.05) is 13.7 Å². The fourth-order valence-corrected chi connectivity index (χ4v) is 3.02. The van der Waals surface area contributed by atoms with E-state index in [0.29, 0.717) is 18.9 Å². The molecule has 0 saturated carbocycles. The summed E-state index contributed by atoms with van der Waals surface area (Å²) in [6, 6.07) is 8.68. The van der Waals surface area contributed by atoms with Crippen molar-refractivity contribution in [1.29, 1.82) is 0 Å². The van der Waals surface area contributed by atoms with Gasteiger partial charge >= 0.3 is 0 Å². The number of benzene rings is 1. The van der Waals surface area contributed by atoms with Crippen LogP contribution in [0.3, 0.4) is 0 Å². The Morgan fingerprint density at radius 3 is 2.94 bits per heavy atom. The minimum atomic E-state index is -0.620. The molecule has 2 atom stereocenters. The van der Waals surface area contributed by atoms with Crippen molar-refractivity contribution in [3.8, 4) is 0 Å². The van der Waals surface area contributed by atoms with Crippen LogP contribution in [0.4, 0.5) is 0 Å². The van der Waals surface area contributed by atoms with Crippen LogP contribution in [-0.4, -0.2) is 24.4 Å². The Morgan fingerprint density at radius 2 is 2.17 bits per heavy atom. The molecule has 0 bridgehead atoms. The van der Waals surface area contributed by atoms with Crippen molar-refractivity contribution >= 4 is 0 Å². The van der Waals surface area contributed by atoms with Crippen molar-refractivity contribution in [2.45, 2.75) is 50.5 Å². The van der Waals surface area contributed by atoms with E-state index in [0.717, 1.165) is 6.42 Å². The number of aliphatic hydroxyl groups is 1. The molecular weight excluding hydrogens is 224 g/mol. The normalized spacial score (nSPS) is 22.3. The summed E-state index contributed by atoms with van der Waals surface area (Å²) in [6.07, 6.45) is 5.17. The zero-order valence-electron chi connectivity index (χ0n) is 11.5. The molecule has 0 heterocycles. The Bertz CT molecular complexity index is 384. The molecule has 0 spiro atoms. The number of aryl methyl sites for hydroxylation is 1. The Labute approximate surface area is 110 Å². The third-order valence-electron chi connectivity index (χ3n) is 4.02. The van der Waals surface area contributed by atoms with Gasteiger partial charge < -0.3 is 9.84 Å². The molecule has 2 nitrogen and oxygen atoms in total. The van der Waals surface area contributed by atoms with Gasteiger partial charge in [0.2, 0.25) is 0 Å². The first kappa shape index (κ1) is 13.6. The van der Waals surface area contributed by atoms with Gasteiger partial charge in [-0.15, -0.1) is 0 Å². The number of fused-ring (bicyclic) bond motifs is 1. The first-order valence-corrected chi connectivity index (χ1v) is 6.91. The van der Waals surface area contributed by atoms with Crippen LogP contribution in [0.5, 0.6) is 0 Å². The van der Waals surface area contributed by atoms with E-state index in [9.17, 15) is 5.11 Å². The molecular formula is C16H24O2. The highest BCUT2D eigenvalue weighted by Gasteiger charge is 2.28. The molecule has 1 N–H and O–H groups in total. The van der Waals surface area contributed by atoms with E-state index in [1.807, 2.05) is 6.92 Å². The lowest BCUT2D eigenvalue weighted by Crippen LogP contribution is -2.29. The average Bonchev–Trinajstić information content (AvgIpc) is 2.37. The van der Waals surface area contributed by atoms with Crippen LogP contribution >= 0.6 is 0 Å². The van der Waals surface area contributed by atoms with Crippen molar-refractivity contribution in [2.24, 2.45) is 0 Å². The summed E-state index contributed by atoms with van der Waals surface area (Å²) in [5.41, 5.74) is 2.29. The van der Waals surface area contributed by atoms with E-state index in [-0.39, 0.29) is 0 Å². The van der Waals surface area contributed by atoms with Crippen LogP contribution in [0.15, 0.2) is 24.3 Å². The molecule has 0 amide bonds. The molecule has 2 heteroatoms. The summed E-state index contributed by atoms with van der Waals surface area (Å²) in [5, 5.41) is 10.4. The summed E-state index contributed by atoms with van der Waals surface area (Å²) < 4.78 is 5.08. The standard InChI is InChI=1S/C16H24O2/c1-16(17,10-11-18-2)12-14-8-5-7-13-6-3-4-9-15(13)14/h3-4,6,9,14,17H,5,7-8,10-12H2,1-2H3. The highest BCUT2D eigenvalue weighted by Crippen LogP contribution is 2.37. The van der Waals surface area contributed by atoms with Crippen LogP contribution in [0.2, 0.25) is 0 Å². The van der Waals surface area contributed by atoms with E-state index in [1.165, 1.54) is 30.4 Å². The zero-order valence-corrected chi connectivity index (χ0v) is 11.5. The number of rotatable bonds is 5. The van der Waals surface area contributed by atoms with Crippen molar-refractivity contribution in [3.05, 3.63) is 35.4 Å². The van der Waals surface area contributed by atoms with Gasteiger partial charge in [0, 0.05) is 13.7 Å². The van der Waals surface area contributed by atoms with Gasteiger partial charge in [-0.1, -0.05) is 24.3 Å². The fraction of sp³-hybridized carbons (Fsp3) is 0.625. The van der Waals surface area contributed by atoms with Crippen molar-refractivity contribution in [1.82, 2.24) is 0 Å². The molecule has 2 rings (SSSR count). The average molecular weight is 248 g/mol. The molecule has 2 unspecified atom stereocenters. The molecule has 100 valence electrons. The van der Waals surface area contributed by atoms with Gasteiger partial charge in [-0.25, -0.2) is 0 Å². The molecule has 1 aromatic carbocycles. The van der Waals surface area contributed by atoms with Gasteiger partial charge in [-0.2, -0.15) is 0 Å². The Hall–Kier alpha value is -0.860. The minimum Gasteiger partial charge on any atom is -0.390 e. The third-order valence-corrected chi connectivity index (χ3v) is 4.02. The van der Waals surface area contributed by atoms with Crippen LogP contribution in [0.25, 0.3) is 0 Å². The summed E-state index contributed by atoms with van der Waals surface area (Å²) in [5.74, 6) is 0.502. The number of methoxy groups -OCH3 is 1. The summed E-state index contributed by atoms with van der Waals surface area (Å²) in [4.78, 5) is 0. The molecule has 1 aliphatic rings. The predicted molar refractivity (Wildman–Crippen MR) is 73.9 cm³/mol. The maximum Gasteiger partial charge on any atom is 0.0647 e. The lowest BCUT2D eigenvalue weighted by atomic mass is 9.76. The molecule has 0 fully saturated rings. The van der Waals surface area contributed by atoms with Crippen LogP contribution in [0.1, 0.15) is 49.7 Å². The van der Waals surface area contributed by atoms with Crippen LogP contribution in [-0.2, 0) is 11.2 Å². The molecule has 18 heavy (non-hydrogen) atoms. The maximum absolute atomic E-state index is 10.4. The van der Waals surface area contributed by atoms with E-state index < -0.39 is 5.60 Å². The zero-order chi connectivity index (χ0) is 13.0. The van der Waals surface area contributed by atoms with Gasteiger partial charge in [0.25, 0.3) is 0 Å². The molecule has 0 aliphatic heterocycles. The first-order chi connectivity index (χ1) is 8.62. The van der Waals surface area contributed by atoms with Gasteiger partial charge in [-0.3, -0.25) is 0 Å². The predicted octanol–water partition coefficient (Wildman–Crippen LogP) is 3.28. The Morgan fingerprint density at radius 1 is 1.39 bits per heavy atom. The van der Waals surface area contributed by atoms with Crippen LogP contribution in [0, 0.1) is 0 Å². The number of ether oxygens (including phenoxy) is 1. The highest BCUT2D eigenvalue weighted by atomic mass is 16.5. The second-order valence-electron chi connectivity index (χ2n) is 5.73. The Kier molecular flexibility index (Phi) is 4.41. The van der Waals surface area contributed by atoms with Crippen molar-refractivity contribution in [3.63, 3.8) is 0 Å². The largest absolute Gasteiger partial charge is 0.390 e. The SMILES string of the molecule is COCCC(C)(O)CC1CCCc2ccccc21. The summed E-state index contributed by atoms with van der Waals surface area (Å²) >= 11 is 0. The smallest absolute Gasteiger partial charge is 0.0647 e. The second kappa shape index (κ2) is 5.85. The van der Waals surface area contributed by atoms with E-state index >= 15 is 0 Å². The van der Waals surface area contributed by atoms with Crippen molar-refractivity contribution < 1.29 is 9.84 Å². The number of hydrogen-bond donors (Lipinski definition) is 1. The molecule has 1 aliphatic carbocycles. The molecule has 0 radical (unpaired) electrons. The quantitative estimate of drug-likeness (QED) is 0.866. The maximum atomic E-state index is 10.4. The molecule has 0 saturated heterocycles. The monoisotopic (exact) mass is 248 g/mol. The fourth-order valence-electron chi connectivity index (χ4n) is 3.02. The Balaban J connectivity index is 2.06. The van der Waals surface area contributed by atoms with Gasteiger partial charge in [0.05, 0.1) is 5.60 Å². The first-order valence-electron chi connectivity index (χ1n) is 6.91. The molecule has 1 aromatic rings. The van der Waals surface area contributed by atoms with E-state index in [4.69, 9.17) is 4.74 Å². The van der Waals surface area contributed by atoms with Gasteiger partial charge in [0.15, 0.2) is 0 Å². The molecule has 0 aromatic heterocycles. The lowest BCUT2D eigenvalue weighted by molar-refractivity contribution is 0.0102.